The Hall–Kier alpha value is -1.20. The third kappa shape index (κ3) is 2.48. The summed E-state index contributed by atoms with van der Waals surface area (Å²) in [6, 6.07) is 1.94. The van der Waals surface area contributed by atoms with Gasteiger partial charge in [-0.25, -0.2) is 8.78 Å². The first-order valence-corrected chi connectivity index (χ1v) is 4.86. The Balaban J connectivity index is 3.05. The van der Waals surface area contributed by atoms with Crippen LogP contribution in [0.5, 0.6) is 0 Å². The molecule has 0 saturated heterocycles. The molecule has 0 saturated carbocycles. The lowest BCUT2D eigenvalue weighted by molar-refractivity contribution is 0.0762. The monoisotopic (exact) mass is 249 g/mol. The van der Waals surface area contributed by atoms with Crippen molar-refractivity contribution in [3.63, 3.8) is 0 Å². The van der Waals surface area contributed by atoms with E-state index in [2.05, 4.69) is 0 Å². The zero-order valence-corrected chi connectivity index (χ0v) is 9.26. The van der Waals surface area contributed by atoms with Gasteiger partial charge in [0.2, 0.25) is 0 Å². The van der Waals surface area contributed by atoms with E-state index in [0.717, 1.165) is 17.0 Å². The van der Waals surface area contributed by atoms with E-state index in [0.29, 0.717) is 0 Å². The summed E-state index contributed by atoms with van der Waals surface area (Å²) in [7, 11) is 1.40. The predicted molar refractivity (Wildman–Crippen MR) is 55.4 cm³/mol. The molecule has 0 atom stereocenters. The summed E-state index contributed by atoms with van der Waals surface area (Å²) < 4.78 is 26.3. The third-order valence-corrected chi connectivity index (χ3v) is 2.39. The molecule has 16 heavy (non-hydrogen) atoms. The molecule has 0 fully saturated rings. The fraction of sp³-hybridized carbons (Fsp3) is 0.300. The second kappa shape index (κ2) is 5.23. The molecule has 0 aliphatic rings. The molecular formula is C10H10ClF2NO2. The average molecular weight is 250 g/mol. The smallest absolute Gasteiger partial charge is 0.256 e. The Bertz CT molecular complexity index is 412. The first kappa shape index (κ1) is 12.9. The van der Waals surface area contributed by atoms with Crippen molar-refractivity contribution in [2.24, 2.45) is 0 Å². The Morgan fingerprint density at radius 2 is 2.12 bits per heavy atom. The summed E-state index contributed by atoms with van der Waals surface area (Å²) in [5, 5.41) is 7.92. The molecule has 1 aromatic carbocycles. The van der Waals surface area contributed by atoms with Gasteiger partial charge in [-0.1, -0.05) is 11.6 Å². The number of aliphatic hydroxyl groups is 1. The van der Waals surface area contributed by atoms with Crippen LogP contribution in [0.15, 0.2) is 12.1 Å². The molecule has 0 unspecified atom stereocenters. The molecular weight excluding hydrogens is 240 g/mol. The van der Waals surface area contributed by atoms with Gasteiger partial charge in [-0.3, -0.25) is 4.79 Å². The molecule has 0 spiro atoms. The molecule has 6 heteroatoms. The maximum absolute atomic E-state index is 13.4. The predicted octanol–water partition coefficient (Wildman–Crippen LogP) is 1.68. The fourth-order valence-electron chi connectivity index (χ4n) is 1.15. The van der Waals surface area contributed by atoms with E-state index in [1.54, 1.807) is 0 Å². The van der Waals surface area contributed by atoms with E-state index in [-0.39, 0.29) is 18.7 Å². The van der Waals surface area contributed by atoms with Crippen LogP contribution in [0, 0.1) is 11.6 Å². The first-order valence-electron chi connectivity index (χ1n) is 4.49. The molecule has 0 radical (unpaired) electrons. The van der Waals surface area contributed by atoms with Crippen molar-refractivity contribution in [1.82, 2.24) is 4.90 Å². The van der Waals surface area contributed by atoms with Gasteiger partial charge in [-0.2, -0.15) is 0 Å². The van der Waals surface area contributed by atoms with Crippen LogP contribution in [0.1, 0.15) is 10.4 Å². The van der Waals surface area contributed by atoms with Crippen molar-refractivity contribution < 1.29 is 18.7 Å². The minimum atomic E-state index is -1.09. The lowest BCUT2D eigenvalue weighted by atomic mass is 10.2. The van der Waals surface area contributed by atoms with Crippen molar-refractivity contribution >= 4 is 17.5 Å². The average Bonchev–Trinajstić information content (AvgIpc) is 2.26. The Kier molecular flexibility index (Phi) is 4.20. The van der Waals surface area contributed by atoms with Gasteiger partial charge in [0.15, 0.2) is 5.82 Å². The highest BCUT2D eigenvalue weighted by molar-refractivity contribution is 6.31. The largest absolute Gasteiger partial charge is 0.395 e. The number of benzene rings is 1. The van der Waals surface area contributed by atoms with E-state index in [1.807, 2.05) is 0 Å². The van der Waals surface area contributed by atoms with Crippen LogP contribution in [0.4, 0.5) is 8.78 Å². The minimum Gasteiger partial charge on any atom is -0.395 e. The number of hydrogen-bond donors (Lipinski definition) is 1. The maximum Gasteiger partial charge on any atom is 0.256 e. The number of carbonyl (C=O) groups is 1. The molecule has 0 aromatic heterocycles. The molecule has 1 amide bonds. The highest BCUT2D eigenvalue weighted by Gasteiger charge is 2.19. The standard InChI is InChI=1S/C10H10ClF2NO2/c1-14(4-5-15)10(16)6-2-3-7(12)8(11)9(6)13/h2-3,15H,4-5H2,1H3. The topological polar surface area (TPSA) is 40.5 Å². The van der Waals surface area contributed by atoms with E-state index in [4.69, 9.17) is 16.7 Å². The number of rotatable bonds is 3. The summed E-state index contributed by atoms with van der Waals surface area (Å²) in [5.74, 6) is -2.66. The van der Waals surface area contributed by atoms with Crippen LogP contribution in [-0.2, 0) is 0 Å². The van der Waals surface area contributed by atoms with Crippen LogP contribution < -0.4 is 0 Å². The third-order valence-electron chi connectivity index (χ3n) is 2.05. The van der Waals surface area contributed by atoms with E-state index in [9.17, 15) is 13.6 Å². The number of hydrogen-bond acceptors (Lipinski definition) is 2. The van der Waals surface area contributed by atoms with Crippen LogP contribution in [0.3, 0.4) is 0 Å². The summed E-state index contributed by atoms with van der Waals surface area (Å²) >= 11 is 5.34. The van der Waals surface area contributed by atoms with Crippen LogP contribution >= 0.6 is 11.6 Å². The van der Waals surface area contributed by atoms with Gasteiger partial charge in [0.05, 0.1) is 12.2 Å². The van der Waals surface area contributed by atoms with Crippen LogP contribution in [0.25, 0.3) is 0 Å². The van der Waals surface area contributed by atoms with Gasteiger partial charge in [0.25, 0.3) is 5.91 Å². The zero-order valence-electron chi connectivity index (χ0n) is 8.51. The highest BCUT2D eigenvalue weighted by Crippen LogP contribution is 2.22. The molecule has 0 aliphatic heterocycles. The van der Waals surface area contributed by atoms with Crippen molar-refractivity contribution in [2.75, 3.05) is 20.2 Å². The number of aliphatic hydroxyl groups excluding tert-OH is 1. The Morgan fingerprint density at radius 1 is 1.50 bits per heavy atom. The van der Waals surface area contributed by atoms with Crippen molar-refractivity contribution in [3.05, 3.63) is 34.4 Å². The number of likely N-dealkylation sites (N-methyl/N-ethyl adjacent to an activating group) is 1. The first-order chi connectivity index (χ1) is 7.49. The van der Waals surface area contributed by atoms with E-state index in [1.165, 1.54) is 7.05 Å². The van der Waals surface area contributed by atoms with Gasteiger partial charge in [0, 0.05) is 13.6 Å². The number of halogens is 3. The van der Waals surface area contributed by atoms with Crippen molar-refractivity contribution in [3.8, 4) is 0 Å². The Morgan fingerprint density at radius 3 is 2.69 bits per heavy atom. The van der Waals surface area contributed by atoms with E-state index >= 15 is 0 Å². The maximum atomic E-state index is 13.4. The Labute approximate surface area is 96.2 Å². The zero-order chi connectivity index (χ0) is 12.3. The number of nitrogens with zero attached hydrogens (tertiary/aromatic N) is 1. The molecule has 3 nitrogen and oxygen atoms in total. The van der Waals surface area contributed by atoms with Crippen LogP contribution in [0.2, 0.25) is 5.02 Å². The summed E-state index contributed by atoms with van der Waals surface area (Å²) in [6.45, 7) is -0.175. The van der Waals surface area contributed by atoms with Gasteiger partial charge < -0.3 is 10.0 Å². The molecule has 0 aliphatic carbocycles. The molecule has 1 rings (SSSR count). The quantitative estimate of drug-likeness (QED) is 0.828. The number of amides is 1. The normalized spacial score (nSPS) is 10.3. The fourth-order valence-corrected chi connectivity index (χ4v) is 1.31. The summed E-state index contributed by atoms with van der Waals surface area (Å²) in [6.07, 6.45) is 0. The lowest BCUT2D eigenvalue weighted by Gasteiger charge is -2.16. The van der Waals surface area contributed by atoms with Crippen LogP contribution in [-0.4, -0.2) is 36.1 Å². The molecule has 0 bridgehead atoms. The van der Waals surface area contributed by atoms with Gasteiger partial charge in [-0.15, -0.1) is 0 Å². The summed E-state index contributed by atoms with van der Waals surface area (Å²) in [5.41, 5.74) is -0.317. The lowest BCUT2D eigenvalue weighted by Crippen LogP contribution is -2.30. The molecule has 1 aromatic rings. The molecule has 0 heterocycles. The molecule has 1 N–H and O–H groups in total. The summed E-state index contributed by atoms with van der Waals surface area (Å²) in [4.78, 5) is 12.7. The second-order valence-corrected chi connectivity index (χ2v) is 3.55. The van der Waals surface area contributed by atoms with Crippen molar-refractivity contribution in [2.45, 2.75) is 0 Å². The van der Waals surface area contributed by atoms with Gasteiger partial charge >= 0.3 is 0 Å². The number of carbonyl (C=O) groups excluding carboxylic acids is 1. The molecule has 88 valence electrons. The van der Waals surface area contributed by atoms with Gasteiger partial charge in [0.1, 0.15) is 10.8 Å². The SMILES string of the molecule is CN(CCO)C(=O)c1ccc(F)c(Cl)c1F. The van der Waals surface area contributed by atoms with Crippen molar-refractivity contribution in [1.29, 1.82) is 0 Å². The van der Waals surface area contributed by atoms with E-state index < -0.39 is 22.6 Å². The van der Waals surface area contributed by atoms with Gasteiger partial charge in [-0.05, 0) is 12.1 Å². The minimum absolute atomic E-state index is 0.0628. The highest BCUT2D eigenvalue weighted by atomic mass is 35.5. The second-order valence-electron chi connectivity index (χ2n) is 3.17.